The van der Waals surface area contributed by atoms with E-state index in [9.17, 15) is 5.11 Å². The van der Waals surface area contributed by atoms with Gasteiger partial charge in [0.25, 0.3) is 0 Å². The second kappa shape index (κ2) is 6.88. The van der Waals surface area contributed by atoms with E-state index in [1.165, 1.54) is 18.2 Å². The van der Waals surface area contributed by atoms with Crippen molar-refractivity contribution in [1.29, 1.82) is 0 Å². The molecule has 0 bridgehead atoms. The largest absolute Gasteiger partial charge is 0.507 e. The molecule has 0 aliphatic heterocycles. The van der Waals surface area contributed by atoms with Crippen LogP contribution < -0.4 is 0 Å². The lowest BCUT2D eigenvalue weighted by Crippen LogP contribution is -2.18. The molecule has 0 fully saturated rings. The summed E-state index contributed by atoms with van der Waals surface area (Å²) in [7, 11) is 0. The minimum Gasteiger partial charge on any atom is -0.507 e. The minimum absolute atomic E-state index is 0.0890. The van der Waals surface area contributed by atoms with E-state index in [1.807, 2.05) is 0 Å². The Morgan fingerprint density at radius 2 is 1.33 bits per heavy atom. The lowest BCUT2D eigenvalue weighted by atomic mass is 9.78. The van der Waals surface area contributed by atoms with Crippen molar-refractivity contribution in [3.05, 3.63) is 47.3 Å². The number of aryl methyl sites for hydroxylation is 2. The Balaban J connectivity index is 2.26. The highest BCUT2D eigenvalue weighted by Gasteiger charge is 2.26. The molecule has 0 aliphatic carbocycles. The number of benzene rings is 1. The van der Waals surface area contributed by atoms with Crippen LogP contribution in [0.3, 0.4) is 0 Å². The van der Waals surface area contributed by atoms with Gasteiger partial charge in [-0.3, -0.25) is 0 Å². The molecule has 1 heterocycles. The predicted octanol–water partition coefficient (Wildman–Crippen LogP) is 4.35. The summed E-state index contributed by atoms with van der Waals surface area (Å²) in [6.07, 6.45) is 5.83. The van der Waals surface area contributed by atoms with Crippen molar-refractivity contribution in [3.8, 4) is 5.75 Å². The van der Waals surface area contributed by atoms with Crippen molar-refractivity contribution >= 4 is 0 Å². The number of nitrogens with zero attached hydrogens (tertiary/aromatic N) is 3. The number of phenols is 1. The van der Waals surface area contributed by atoms with Gasteiger partial charge in [0.1, 0.15) is 24.2 Å². The van der Waals surface area contributed by atoms with Crippen molar-refractivity contribution < 1.29 is 5.11 Å². The maximum absolute atomic E-state index is 10.8. The standard InChI is InChI=1S/C20H29N3O/c1-19(2,3)15-10-14(11-16(18(15)24)20(4,5)6)8-7-9-17-22-12-21-13-23-17/h10-13,24H,7-9H2,1-6H3. The number of hydrogen-bond donors (Lipinski definition) is 1. The summed E-state index contributed by atoms with van der Waals surface area (Å²) in [6.45, 7) is 12.9. The van der Waals surface area contributed by atoms with E-state index in [0.29, 0.717) is 5.75 Å². The molecule has 0 amide bonds. The lowest BCUT2D eigenvalue weighted by Gasteiger charge is -2.28. The van der Waals surface area contributed by atoms with E-state index >= 15 is 0 Å². The third kappa shape index (κ3) is 4.53. The molecule has 0 unspecified atom stereocenters. The summed E-state index contributed by atoms with van der Waals surface area (Å²) >= 11 is 0. The molecule has 1 aromatic heterocycles. The molecule has 2 aromatic rings. The van der Waals surface area contributed by atoms with Gasteiger partial charge in [-0.25, -0.2) is 15.0 Å². The fourth-order valence-corrected chi connectivity index (χ4v) is 2.82. The van der Waals surface area contributed by atoms with Gasteiger partial charge in [0.15, 0.2) is 0 Å². The van der Waals surface area contributed by atoms with Crippen molar-refractivity contribution in [3.63, 3.8) is 0 Å². The summed E-state index contributed by atoms with van der Waals surface area (Å²) in [6, 6.07) is 4.30. The topological polar surface area (TPSA) is 58.9 Å². The van der Waals surface area contributed by atoms with Crippen molar-refractivity contribution in [1.82, 2.24) is 15.0 Å². The molecule has 0 saturated carbocycles. The van der Waals surface area contributed by atoms with Gasteiger partial charge in [-0.1, -0.05) is 53.7 Å². The van der Waals surface area contributed by atoms with Gasteiger partial charge >= 0.3 is 0 Å². The Morgan fingerprint density at radius 1 is 0.833 bits per heavy atom. The van der Waals surface area contributed by atoms with E-state index in [2.05, 4.69) is 68.6 Å². The van der Waals surface area contributed by atoms with Gasteiger partial charge in [-0.2, -0.15) is 0 Å². The van der Waals surface area contributed by atoms with Gasteiger partial charge in [-0.05, 0) is 40.4 Å². The van der Waals surface area contributed by atoms with Crippen LogP contribution in [0.5, 0.6) is 5.75 Å². The first kappa shape index (κ1) is 18.4. The average Bonchev–Trinajstić information content (AvgIpc) is 2.47. The zero-order valence-corrected chi connectivity index (χ0v) is 15.7. The number of aromatic hydroxyl groups is 1. The van der Waals surface area contributed by atoms with Crippen molar-refractivity contribution in [2.75, 3.05) is 0 Å². The van der Waals surface area contributed by atoms with Crippen molar-refractivity contribution in [2.24, 2.45) is 0 Å². The Labute approximate surface area is 145 Å². The van der Waals surface area contributed by atoms with Crippen LogP contribution in [0.2, 0.25) is 0 Å². The van der Waals surface area contributed by atoms with Gasteiger partial charge in [0.2, 0.25) is 0 Å². The maximum atomic E-state index is 10.8. The molecule has 1 N–H and O–H groups in total. The Bertz CT molecular complexity index is 647. The number of hydrogen-bond acceptors (Lipinski definition) is 4. The Kier molecular flexibility index (Phi) is 5.26. The molecule has 24 heavy (non-hydrogen) atoms. The molecule has 4 nitrogen and oxygen atoms in total. The fraction of sp³-hybridized carbons (Fsp3) is 0.550. The van der Waals surface area contributed by atoms with Gasteiger partial charge < -0.3 is 5.11 Å². The Morgan fingerprint density at radius 3 is 1.79 bits per heavy atom. The summed E-state index contributed by atoms with van der Waals surface area (Å²) < 4.78 is 0. The molecule has 1 aromatic carbocycles. The van der Waals surface area contributed by atoms with Gasteiger partial charge in [0.05, 0.1) is 0 Å². The molecule has 0 aliphatic rings. The molecule has 0 atom stereocenters. The molecular weight excluding hydrogens is 298 g/mol. The normalized spacial score (nSPS) is 12.4. The third-order valence-corrected chi connectivity index (χ3v) is 4.20. The average molecular weight is 327 g/mol. The Hall–Kier alpha value is -1.97. The van der Waals surface area contributed by atoms with E-state index in [0.717, 1.165) is 36.2 Å². The van der Waals surface area contributed by atoms with Crippen LogP contribution in [-0.2, 0) is 23.7 Å². The van der Waals surface area contributed by atoms with Crippen LogP contribution in [0.4, 0.5) is 0 Å². The van der Waals surface area contributed by atoms with Crippen LogP contribution in [0.25, 0.3) is 0 Å². The molecule has 0 radical (unpaired) electrons. The summed E-state index contributed by atoms with van der Waals surface area (Å²) in [5, 5.41) is 10.8. The third-order valence-electron chi connectivity index (χ3n) is 4.20. The highest BCUT2D eigenvalue weighted by Crippen LogP contribution is 2.39. The highest BCUT2D eigenvalue weighted by molar-refractivity contribution is 5.49. The quantitative estimate of drug-likeness (QED) is 0.907. The van der Waals surface area contributed by atoms with Crippen LogP contribution >= 0.6 is 0 Å². The minimum atomic E-state index is -0.0890. The van der Waals surface area contributed by atoms with Gasteiger partial charge in [-0.15, -0.1) is 0 Å². The first-order valence-corrected chi connectivity index (χ1v) is 8.57. The summed E-state index contributed by atoms with van der Waals surface area (Å²) in [4.78, 5) is 12.2. The van der Waals surface area contributed by atoms with Crippen LogP contribution in [0.15, 0.2) is 24.8 Å². The number of phenolic OH excluding ortho intramolecular Hbond substituents is 1. The fourth-order valence-electron chi connectivity index (χ4n) is 2.82. The molecule has 2 rings (SSSR count). The molecule has 4 heteroatoms. The van der Waals surface area contributed by atoms with E-state index < -0.39 is 0 Å². The number of aromatic nitrogens is 3. The monoisotopic (exact) mass is 327 g/mol. The second-order valence-electron chi connectivity index (χ2n) is 8.45. The first-order chi connectivity index (χ1) is 11.1. The molecular formula is C20H29N3O. The van der Waals surface area contributed by atoms with Crippen LogP contribution in [0.1, 0.15) is 70.5 Å². The van der Waals surface area contributed by atoms with E-state index in [4.69, 9.17) is 0 Å². The molecule has 0 spiro atoms. The summed E-state index contributed by atoms with van der Waals surface area (Å²) in [5.41, 5.74) is 3.12. The molecule has 0 saturated heterocycles. The summed E-state index contributed by atoms with van der Waals surface area (Å²) in [5.74, 6) is 1.27. The van der Waals surface area contributed by atoms with E-state index in [1.54, 1.807) is 0 Å². The SMILES string of the molecule is CC(C)(C)c1cc(CCCc2ncncn2)cc(C(C)(C)C)c1O. The lowest BCUT2D eigenvalue weighted by molar-refractivity contribution is 0.422. The smallest absolute Gasteiger partial charge is 0.131 e. The zero-order chi connectivity index (χ0) is 18.0. The van der Waals surface area contributed by atoms with Gasteiger partial charge in [0, 0.05) is 6.42 Å². The molecule has 130 valence electrons. The van der Waals surface area contributed by atoms with Crippen LogP contribution in [-0.4, -0.2) is 20.1 Å². The maximum Gasteiger partial charge on any atom is 0.131 e. The second-order valence-corrected chi connectivity index (χ2v) is 8.45. The first-order valence-electron chi connectivity index (χ1n) is 8.57. The van der Waals surface area contributed by atoms with Crippen molar-refractivity contribution in [2.45, 2.75) is 71.6 Å². The number of rotatable bonds is 4. The van der Waals surface area contributed by atoms with Crippen LogP contribution in [0, 0.1) is 0 Å². The zero-order valence-electron chi connectivity index (χ0n) is 15.7. The highest BCUT2D eigenvalue weighted by atomic mass is 16.3. The van der Waals surface area contributed by atoms with E-state index in [-0.39, 0.29) is 10.8 Å². The predicted molar refractivity (Wildman–Crippen MR) is 97.4 cm³/mol.